The summed E-state index contributed by atoms with van der Waals surface area (Å²) in [6.07, 6.45) is 2.77. The van der Waals surface area contributed by atoms with Crippen molar-refractivity contribution in [3.05, 3.63) is 83.8 Å². The van der Waals surface area contributed by atoms with E-state index in [0.717, 1.165) is 24.0 Å². The fourth-order valence-corrected chi connectivity index (χ4v) is 5.49. The summed E-state index contributed by atoms with van der Waals surface area (Å²) in [5.41, 5.74) is -0.478. The third-order valence-corrected chi connectivity index (χ3v) is 8.29. The van der Waals surface area contributed by atoms with E-state index in [1.54, 1.807) is 38.5 Å². The highest BCUT2D eigenvalue weighted by Gasteiger charge is 2.35. The van der Waals surface area contributed by atoms with Crippen LogP contribution in [-0.2, 0) is 30.5 Å². The zero-order chi connectivity index (χ0) is 35.8. The molecule has 3 N–H and O–H groups in total. The van der Waals surface area contributed by atoms with Crippen LogP contribution in [0.3, 0.4) is 0 Å². The van der Waals surface area contributed by atoms with Crippen molar-refractivity contribution in [3.8, 4) is 0 Å². The molecule has 1 fully saturated rings. The largest absolute Gasteiger partial charge is 0.444 e. The van der Waals surface area contributed by atoms with Gasteiger partial charge in [-0.05, 0) is 71.4 Å². The van der Waals surface area contributed by atoms with Crippen molar-refractivity contribution in [1.82, 2.24) is 25.1 Å². The Bertz CT molecular complexity index is 1580. The predicted molar refractivity (Wildman–Crippen MR) is 187 cm³/mol. The number of amides is 4. The Morgan fingerprint density at radius 1 is 0.939 bits per heavy atom. The third-order valence-electron chi connectivity index (χ3n) is 8.29. The van der Waals surface area contributed by atoms with Gasteiger partial charge >= 0.3 is 6.09 Å². The van der Waals surface area contributed by atoms with Gasteiger partial charge in [-0.3, -0.25) is 14.4 Å². The SMILES string of the molecule is Cc1nc(NC(=O)C(COCc2ccccc2)NC(=O)C(C)(C)NC(=O)OC(C)(C)C)cn1C(C(=O)N1CCC(C)CC1)c1ccccc1. The van der Waals surface area contributed by atoms with E-state index in [-0.39, 0.29) is 24.9 Å². The smallest absolute Gasteiger partial charge is 0.408 e. The van der Waals surface area contributed by atoms with Gasteiger partial charge in [-0.2, -0.15) is 0 Å². The van der Waals surface area contributed by atoms with Gasteiger partial charge in [0, 0.05) is 19.3 Å². The minimum atomic E-state index is -1.42. The molecule has 1 saturated heterocycles. The molecular formula is C37H50N6O6. The number of ether oxygens (including phenoxy) is 2. The number of benzene rings is 2. The molecule has 4 rings (SSSR count). The fraction of sp³-hybridized carbons (Fsp3) is 0.486. The van der Waals surface area contributed by atoms with Crippen LogP contribution in [0.1, 0.15) is 77.4 Å². The number of likely N-dealkylation sites (tertiary alicyclic amines) is 1. The highest BCUT2D eigenvalue weighted by Crippen LogP contribution is 2.27. The summed E-state index contributed by atoms with van der Waals surface area (Å²) < 4.78 is 13.0. The van der Waals surface area contributed by atoms with Crippen LogP contribution in [0.25, 0.3) is 0 Å². The van der Waals surface area contributed by atoms with Gasteiger partial charge in [-0.25, -0.2) is 9.78 Å². The molecule has 0 aliphatic carbocycles. The van der Waals surface area contributed by atoms with Gasteiger partial charge in [0.2, 0.25) is 11.8 Å². The maximum atomic E-state index is 14.0. The summed E-state index contributed by atoms with van der Waals surface area (Å²) >= 11 is 0. The Morgan fingerprint density at radius 3 is 2.16 bits per heavy atom. The molecule has 0 radical (unpaired) electrons. The average molecular weight is 675 g/mol. The molecule has 4 amide bonds. The van der Waals surface area contributed by atoms with Crippen molar-refractivity contribution in [2.45, 2.75) is 91.1 Å². The molecule has 3 aromatic rings. The molecule has 2 unspecified atom stereocenters. The van der Waals surface area contributed by atoms with Gasteiger partial charge in [0.15, 0.2) is 5.82 Å². The van der Waals surface area contributed by atoms with E-state index >= 15 is 0 Å². The van der Waals surface area contributed by atoms with E-state index in [2.05, 4.69) is 27.9 Å². The number of aromatic nitrogens is 2. The number of aryl methyl sites for hydroxylation is 1. The summed E-state index contributed by atoms with van der Waals surface area (Å²) in [6.45, 7) is 13.6. The lowest BCUT2D eigenvalue weighted by Gasteiger charge is -2.33. The molecule has 0 spiro atoms. The van der Waals surface area contributed by atoms with Crippen molar-refractivity contribution < 1.29 is 28.7 Å². The van der Waals surface area contributed by atoms with E-state index in [9.17, 15) is 19.2 Å². The van der Waals surface area contributed by atoms with Gasteiger partial charge in [0.1, 0.15) is 29.0 Å². The van der Waals surface area contributed by atoms with E-state index < -0.39 is 41.1 Å². The second-order valence-electron chi connectivity index (χ2n) is 14.2. The second-order valence-corrected chi connectivity index (χ2v) is 14.2. The summed E-state index contributed by atoms with van der Waals surface area (Å²) in [6, 6.07) is 17.1. The van der Waals surface area contributed by atoms with Crippen LogP contribution in [0.2, 0.25) is 0 Å². The fourth-order valence-electron chi connectivity index (χ4n) is 5.49. The van der Waals surface area contributed by atoms with Crippen LogP contribution < -0.4 is 16.0 Å². The number of anilines is 1. The van der Waals surface area contributed by atoms with E-state index in [1.807, 2.05) is 65.6 Å². The standard InChI is InChI=1S/C37H50N6O6/c1-25-18-20-42(21-19-25)33(45)31(28-16-12-9-13-17-28)43-22-30(38-26(43)2)40-32(44)29(24-48-23-27-14-10-8-11-15-27)39-34(46)37(6,7)41-35(47)49-36(3,4)5/h8-17,22,25,29,31H,18-21,23-24H2,1-7H3,(H,39,46)(H,40,44)(H,41,47). The maximum absolute atomic E-state index is 14.0. The Kier molecular flexibility index (Phi) is 12.2. The number of piperidine rings is 1. The summed E-state index contributed by atoms with van der Waals surface area (Å²) in [5, 5.41) is 8.10. The molecule has 49 heavy (non-hydrogen) atoms. The van der Waals surface area contributed by atoms with Gasteiger partial charge < -0.3 is 34.9 Å². The Morgan fingerprint density at radius 2 is 1.55 bits per heavy atom. The van der Waals surface area contributed by atoms with Crippen LogP contribution >= 0.6 is 0 Å². The molecule has 1 aromatic heterocycles. The normalized spacial score (nSPS) is 15.2. The highest BCUT2D eigenvalue weighted by molar-refractivity contribution is 5.98. The molecular weight excluding hydrogens is 624 g/mol. The minimum Gasteiger partial charge on any atom is -0.444 e. The average Bonchev–Trinajstić information content (AvgIpc) is 3.39. The number of nitrogens with one attached hydrogen (secondary N) is 3. The van der Waals surface area contributed by atoms with Crippen LogP contribution in [0.5, 0.6) is 0 Å². The first-order valence-corrected chi connectivity index (χ1v) is 16.8. The molecule has 264 valence electrons. The Hall–Kier alpha value is -4.71. The lowest BCUT2D eigenvalue weighted by atomic mass is 9.97. The molecule has 0 bridgehead atoms. The molecule has 12 nitrogen and oxygen atoms in total. The molecule has 12 heteroatoms. The van der Waals surface area contributed by atoms with Crippen molar-refractivity contribution in [2.75, 3.05) is 25.0 Å². The Labute approximate surface area is 288 Å². The van der Waals surface area contributed by atoms with Crippen LogP contribution in [0, 0.1) is 12.8 Å². The van der Waals surface area contributed by atoms with Gasteiger partial charge in [0.25, 0.3) is 5.91 Å². The zero-order valence-corrected chi connectivity index (χ0v) is 29.6. The first-order valence-electron chi connectivity index (χ1n) is 16.8. The number of carbonyl (C=O) groups is 4. The minimum absolute atomic E-state index is 0.0318. The van der Waals surface area contributed by atoms with Crippen molar-refractivity contribution in [2.24, 2.45) is 5.92 Å². The number of rotatable bonds is 12. The molecule has 2 aromatic carbocycles. The van der Waals surface area contributed by atoms with E-state index in [1.165, 1.54) is 13.8 Å². The monoisotopic (exact) mass is 674 g/mol. The van der Waals surface area contributed by atoms with Gasteiger partial charge in [-0.15, -0.1) is 0 Å². The van der Waals surface area contributed by atoms with Crippen LogP contribution in [0.15, 0.2) is 66.9 Å². The van der Waals surface area contributed by atoms with E-state index in [4.69, 9.17) is 9.47 Å². The quantitative estimate of drug-likeness (QED) is 0.246. The van der Waals surface area contributed by atoms with Crippen LogP contribution in [-0.4, -0.2) is 75.1 Å². The van der Waals surface area contributed by atoms with Crippen molar-refractivity contribution >= 4 is 29.6 Å². The third kappa shape index (κ3) is 10.6. The first kappa shape index (κ1) is 37.1. The number of hydrogen-bond acceptors (Lipinski definition) is 7. The number of imidazole rings is 1. The molecule has 2 heterocycles. The second kappa shape index (κ2) is 16.1. The highest BCUT2D eigenvalue weighted by atomic mass is 16.6. The lowest BCUT2D eigenvalue weighted by Crippen LogP contribution is -2.59. The Balaban J connectivity index is 1.54. The van der Waals surface area contributed by atoms with Crippen molar-refractivity contribution in [3.63, 3.8) is 0 Å². The lowest BCUT2D eigenvalue weighted by molar-refractivity contribution is -0.135. The predicted octanol–water partition coefficient (Wildman–Crippen LogP) is 4.98. The summed E-state index contributed by atoms with van der Waals surface area (Å²) in [7, 11) is 0. The topological polar surface area (TPSA) is 144 Å². The summed E-state index contributed by atoms with van der Waals surface area (Å²) in [4.78, 5) is 60.1. The molecule has 1 aliphatic rings. The summed E-state index contributed by atoms with van der Waals surface area (Å²) in [5.74, 6) is 0.0970. The molecule has 0 saturated carbocycles. The number of alkyl carbamates (subject to hydrolysis) is 1. The van der Waals surface area contributed by atoms with Gasteiger partial charge in [-0.1, -0.05) is 67.6 Å². The maximum Gasteiger partial charge on any atom is 0.408 e. The van der Waals surface area contributed by atoms with E-state index in [0.29, 0.717) is 24.8 Å². The van der Waals surface area contributed by atoms with Crippen LogP contribution in [0.4, 0.5) is 10.6 Å². The number of hydrogen-bond donors (Lipinski definition) is 3. The molecule has 1 aliphatic heterocycles. The number of carbonyl (C=O) groups excluding carboxylic acids is 4. The van der Waals surface area contributed by atoms with Gasteiger partial charge in [0.05, 0.1) is 13.2 Å². The van der Waals surface area contributed by atoms with Crippen molar-refractivity contribution in [1.29, 1.82) is 0 Å². The number of nitrogens with zero attached hydrogens (tertiary/aromatic N) is 3. The first-order chi connectivity index (χ1) is 23.1. The molecule has 2 atom stereocenters. The zero-order valence-electron chi connectivity index (χ0n) is 29.6.